The van der Waals surface area contributed by atoms with Crippen LogP contribution >= 0.6 is 0 Å². The van der Waals surface area contributed by atoms with Crippen molar-refractivity contribution in [2.45, 2.75) is 20.1 Å². The van der Waals surface area contributed by atoms with Crippen LogP contribution in [0.2, 0.25) is 0 Å². The number of ether oxygens (including phenoxy) is 2. The van der Waals surface area contributed by atoms with Gasteiger partial charge in [0, 0.05) is 6.20 Å². The van der Waals surface area contributed by atoms with Gasteiger partial charge in [0.2, 0.25) is 5.88 Å². The molecule has 34 heavy (non-hydrogen) atoms. The molecular weight excluding hydrogens is 434 g/mol. The van der Waals surface area contributed by atoms with Crippen LogP contribution in [0, 0.1) is 6.92 Å². The summed E-state index contributed by atoms with van der Waals surface area (Å²) in [6.07, 6.45) is 3.96. The minimum absolute atomic E-state index is 0.266. The molecule has 0 unspecified atom stereocenters. The van der Waals surface area contributed by atoms with Gasteiger partial charge in [-0.3, -0.25) is 4.79 Å². The normalized spacial score (nSPS) is 10.9. The molecule has 3 heterocycles. The van der Waals surface area contributed by atoms with E-state index in [1.54, 1.807) is 29.3 Å². The van der Waals surface area contributed by atoms with Crippen molar-refractivity contribution in [3.05, 3.63) is 102 Å². The average molecular weight is 455 g/mol. The summed E-state index contributed by atoms with van der Waals surface area (Å²) in [5.74, 6) is 2.65. The molecule has 0 spiro atoms. The van der Waals surface area contributed by atoms with Gasteiger partial charge >= 0.3 is 0 Å². The van der Waals surface area contributed by atoms with Crippen molar-refractivity contribution in [2.24, 2.45) is 0 Å². The highest BCUT2D eigenvalue weighted by Crippen LogP contribution is 2.24. The van der Waals surface area contributed by atoms with E-state index in [0.717, 1.165) is 17.5 Å². The Morgan fingerprint density at radius 2 is 1.79 bits per heavy atom. The lowest BCUT2D eigenvalue weighted by Crippen LogP contribution is -2.00. The molecule has 0 fully saturated rings. The van der Waals surface area contributed by atoms with E-state index < -0.39 is 0 Å². The Bertz CT molecular complexity index is 1370. The standard InChI is InChI=1S/C26H21N3O5/c1-18-23(27-26(34-18)24-8-5-13-31-24)17-32-22-11-9-19(10-12-22)16-33-25-20(15-30)14-29(28-25)21-6-3-2-4-7-21/h2-15H,16-17H2,1H3. The summed E-state index contributed by atoms with van der Waals surface area (Å²) < 4.78 is 24.3. The third-order valence-corrected chi connectivity index (χ3v) is 5.15. The lowest BCUT2D eigenvalue weighted by molar-refractivity contribution is 0.111. The fourth-order valence-corrected chi connectivity index (χ4v) is 3.33. The molecule has 2 aromatic carbocycles. The lowest BCUT2D eigenvalue weighted by atomic mass is 10.2. The summed E-state index contributed by atoms with van der Waals surface area (Å²) in [4.78, 5) is 15.9. The second-order valence-corrected chi connectivity index (χ2v) is 7.51. The van der Waals surface area contributed by atoms with E-state index in [1.807, 2.05) is 61.5 Å². The van der Waals surface area contributed by atoms with Gasteiger partial charge in [-0.2, -0.15) is 0 Å². The van der Waals surface area contributed by atoms with Gasteiger partial charge in [-0.25, -0.2) is 9.67 Å². The highest BCUT2D eigenvalue weighted by molar-refractivity contribution is 5.78. The van der Waals surface area contributed by atoms with E-state index >= 15 is 0 Å². The van der Waals surface area contributed by atoms with Crippen LogP contribution in [0.3, 0.4) is 0 Å². The summed E-state index contributed by atoms with van der Waals surface area (Å²) in [6.45, 7) is 2.37. The van der Waals surface area contributed by atoms with Crippen LogP contribution in [0.5, 0.6) is 11.6 Å². The second-order valence-electron chi connectivity index (χ2n) is 7.51. The number of hydrogen-bond acceptors (Lipinski definition) is 7. The van der Waals surface area contributed by atoms with Gasteiger partial charge in [-0.05, 0) is 48.9 Å². The fourth-order valence-electron chi connectivity index (χ4n) is 3.33. The van der Waals surface area contributed by atoms with Crippen LogP contribution in [0.15, 0.2) is 88.0 Å². The molecule has 170 valence electrons. The number of furan rings is 1. The highest BCUT2D eigenvalue weighted by Gasteiger charge is 2.14. The Morgan fingerprint density at radius 3 is 2.53 bits per heavy atom. The number of rotatable bonds is 9. The van der Waals surface area contributed by atoms with Crippen LogP contribution in [-0.2, 0) is 13.2 Å². The number of para-hydroxylation sites is 1. The number of aromatic nitrogens is 3. The van der Waals surface area contributed by atoms with E-state index in [2.05, 4.69) is 10.1 Å². The maximum atomic E-state index is 11.4. The Labute approximate surface area is 195 Å². The minimum Gasteiger partial charge on any atom is -0.487 e. The maximum Gasteiger partial charge on any atom is 0.263 e. The summed E-state index contributed by atoms with van der Waals surface area (Å²) in [7, 11) is 0. The molecular formula is C26H21N3O5. The summed E-state index contributed by atoms with van der Waals surface area (Å²) in [5.41, 5.74) is 2.85. The smallest absolute Gasteiger partial charge is 0.263 e. The quantitative estimate of drug-likeness (QED) is 0.275. The van der Waals surface area contributed by atoms with Gasteiger partial charge in [-0.1, -0.05) is 30.3 Å². The zero-order chi connectivity index (χ0) is 23.3. The highest BCUT2D eigenvalue weighted by atomic mass is 16.5. The first-order valence-corrected chi connectivity index (χ1v) is 10.6. The minimum atomic E-state index is 0.266. The molecule has 0 aliphatic heterocycles. The molecule has 8 nitrogen and oxygen atoms in total. The van der Waals surface area contributed by atoms with Crippen molar-refractivity contribution in [2.75, 3.05) is 0 Å². The largest absolute Gasteiger partial charge is 0.487 e. The topological polar surface area (TPSA) is 92.5 Å². The zero-order valence-corrected chi connectivity index (χ0v) is 18.4. The number of oxazole rings is 1. The van der Waals surface area contributed by atoms with Crippen molar-refractivity contribution >= 4 is 6.29 Å². The second kappa shape index (κ2) is 9.50. The molecule has 0 amide bonds. The molecule has 0 aliphatic rings. The Kier molecular flexibility index (Phi) is 5.94. The predicted octanol–water partition coefficient (Wildman–Crippen LogP) is 5.40. The molecule has 0 saturated heterocycles. The van der Waals surface area contributed by atoms with E-state index in [0.29, 0.717) is 34.4 Å². The molecule has 3 aromatic heterocycles. The number of benzene rings is 2. The van der Waals surface area contributed by atoms with E-state index in [9.17, 15) is 4.79 Å². The van der Waals surface area contributed by atoms with E-state index in [4.69, 9.17) is 18.3 Å². The third-order valence-electron chi connectivity index (χ3n) is 5.15. The Morgan fingerprint density at radius 1 is 0.971 bits per heavy atom. The van der Waals surface area contributed by atoms with Crippen molar-refractivity contribution in [1.82, 2.24) is 14.8 Å². The van der Waals surface area contributed by atoms with Crippen LogP contribution < -0.4 is 9.47 Å². The van der Waals surface area contributed by atoms with E-state index in [1.165, 1.54) is 0 Å². The van der Waals surface area contributed by atoms with Crippen LogP contribution in [0.1, 0.15) is 27.4 Å². The monoisotopic (exact) mass is 455 g/mol. The molecule has 5 rings (SSSR count). The van der Waals surface area contributed by atoms with Crippen molar-refractivity contribution in [3.63, 3.8) is 0 Å². The van der Waals surface area contributed by atoms with Crippen molar-refractivity contribution in [1.29, 1.82) is 0 Å². The molecule has 0 saturated carbocycles. The van der Waals surface area contributed by atoms with E-state index in [-0.39, 0.29) is 19.1 Å². The van der Waals surface area contributed by atoms with Gasteiger partial charge in [0.05, 0.1) is 17.5 Å². The third kappa shape index (κ3) is 4.61. The first-order chi connectivity index (χ1) is 16.7. The molecule has 8 heteroatoms. The number of aryl methyl sites for hydroxylation is 1. The molecule has 0 aliphatic carbocycles. The summed E-state index contributed by atoms with van der Waals surface area (Å²) in [6, 6.07) is 20.6. The maximum absolute atomic E-state index is 11.4. The Balaban J connectivity index is 1.19. The summed E-state index contributed by atoms with van der Waals surface area (Å²) >= 11 is 0. The van der Waals surface area contributed by atoms with Gasteiger partial charge in [0.1, 0.15) is 30.4 Å². The summed E-state index contributed by atoms with van der Waals surface area (Å²) in [5, 5.41) is 4.39. The number of carbonyl (C=O) groups excluding carboxylic acids is 1. The first kappa shape index (κ1) is 21.3. The number of nitrogens with zero attached hydrogens (tertiary/aromatic N) is 3. The van der Waals surface area contributed by atoms with Gasteiger partial charge in [0.15, 0.2) is 12.0 Å². The molecule has 5 aromatic rings. The number of hydrogen-bond donors (Lipinski definition) is 0. The predicted molar refractivity (Wildman–Crippen MR) is 123 cm³/mol. The van der Waals surface area contributed by atoms with Gasteiger partial charge in [-0.15, -0.1) is 5.10 Å². The number of carbonyl (C=O) groups is 1. The molecule has 0 atom stereocenters. The average Bonchev–Trinajstić information content (AvgIpc) is 3.62. The van der Waals surface area contributed by atoms with Crippen molar-refractivity contribution in [3.8, 4) is 29.0 Å². The SMILES string of the molecule is Cc1oc(-c2ccco2)nc1COc1ccc(COc2nn(-c3ccccc3)cc2C=O)cc1. The number of aldehydes is 1. The molecule has 0 N–H and O–H groups in total. The molecule has 0 bridgehead atoms. The first-order valence-electron chi connectivity index (χ1n) is 10.6. The molecule has 0 radical (unpaired) electrons. The van der Waals surface area contributed by atoms with Crippen LogP contribution in [0.25, 0.3) is 17.3 Å². The zero-order valence-electron chi connectivity index (χ0n) is 18.4. The Hall–Kier alpha value is -4.59. The fraction of sp³-hybridized carbons (Fsp3) is 0.115. The van der Waals surface area contributed by atoms with Gasteiger partial charge in [0.25, 0.3) is 5.89 Å². The van der Waals surface area contributed by atoms with Gasteiger partial charge < -0.3 is 18.3 Å². The lowest BCUT2D eigenvalue weighted by Gasteiger charge is -2.07. The van der Waals surface area contributed by atoms with Crippen LogP contribution in [0.4, 0.5) is 0 Å². The van der Waals surface area contributed by atoms with Crippen LogP contribution in [-0.4, -0.2) is 21.1 Å². The van der Waals surface area contributed by atoms with Crippen molar-refractivity contribution < 1.29 is 23.1 Å².